The third-order valence-corrected chi connectivity index (χ3v) is 2.26. The molecule has 0 unspecified atom stereocenters. The zero-order chi connectivity index (χ0) is 9.68. The van der Waals surface area contributed by atoms with Gasteiger partial charge in [-0.05, 0) is 18.6 Å². The van der Waals surface area contributed by atoms with Crippen LogP contribution < -0.4 is 10.5 Å². The first-order chi connectivity index (χ1) is 6.25. The van der Waals surface area contributed by atoms with Gasteiger partial charge in [-0.3, -0.25) is 0 Å². The molecular formula is C10H15NOS. The van der Waals surface area contributed by atoms with Gasteiger partial charge in [0.05, 0.1) is 11.5 Å². The highest BCUT2D eigenvalue weighted by atomic mass is 32.1. The van der Waals surface area contributed by atoms with E-state index in [-0.39, 0.29) is 0 Å². The van der Waals surface area contributed by atoms with E-state index >= 15 is 0 Å². The molecule has 0 fully saturated rings. The molecule has 1 aromatic rings. The van der Waals surface area contributed by atoms with E-state index in [2.05, 4.69) is 19.6 Å². The van der Waals surface area contributed by atoms with Gasteiger partial charge < -0.3 is 10.5 Å². The van der Waals surface area contributed by atoms with Crippen LogP contribution in [0.25, 0.3) is 0 Å². The van der Waals surface area contributed by atoms with E-state index in [0.29, 0.717) is 5.69 Å². The normalized spacial score (nSPS) is 10.0. The Balaban J connectivity index is 2.61. The lowest BCUT2D eigenvalue weighted by molar-refractivity contribution is 0.303. The molecule has 0 aliphatic heterocycles. The van der Waals surface area contributed by atoms with E-state index in [9.17, 15) is 0 Å². The van der Waals surface area contributed by atoms with Gasteiger partial charge >= 0.3 is 0 Å². The number of nitrogens with two attached hydrogens (primary N) is 1. The van der Waals surface area contributed by atoms with Crippen LogP contribution in [0.4, 0.5) is 5.69 Å². The summed E-state index contributed by atoms with van der Waals surface area (Å²) in [4.78, 5) is 0.735. The first kappa shape index (κ1) is 10.3. The molecule has 0 bridgehead atoms. The Morgan fingerprint density at radius 3 is 2.92 bits per heavy atom. The van der Waals surface area contributed by atoms with E-state index in [1.165, 1.54) is 0 Å². The minimum atomic E-state index is 0.664. The SMILES string of the molecule is CCCCOc1cccc(N)c1S. The number of unbranched alkanes of at least 4 members (excludes halogenated alkanes) is 1. The van der Waals surface area contributed by atoms with Crippen LogP contribution in [-0.2, 0) is 0 Å². The van der Waals surface area contributed by atoms with Crippen LogP contribution >= 0.6 is 12.6 Å². The van der Waals surface area contributed by atoms with Crippen molar-refractivity contribution in [3.05, 3.63) is 18.2 Å². The third-order valence-electron chi connectivity index (χ3n) is 1.79. The zero-order valence-corrected chi connectivity index (χ0v) is 8.68. The number of thiol groups is 1. The van der Waals surface area contributed by atoms with Crippen molar-refractivity contribution in [1.29, 1.82) is 0 Å². The van der Waals surface area contributed by atoms with Crippen molar-refractivity contribution in [3.8, 4) is 5.75 Å². The van der Waals surface area contributed by atoms with Crippen molar-refractivity contribution < 1.29 is 4.74 Å². The summed E-state index contributed by atoms with van der Waals surface area (Å²) in [6.07, 6.45) is 2.19. The number of anilines is 1. The molecule has 0 radical (unpaired) electrons. The minimum absolute atomic E-state index is 0.664. The maximum Gasteiger partial charge on any atom is 0.134 e. The maximum atomic E-state index is 5.67. The number of rotatable bonds is 4. The lowest BCUT2D eigenvalue weighted by atomic mass is 10.3. The third kappa shape index (κ3) is 2.84. The van der Waals surface area contributed by atoms with Gasteiger partial charge in [-0.1, -0.05) is 19.4 Å². The van der Waals surface area contributed by atoms with Gasteiger partial charge in [0, 0.05) is 5.69 Å². The number of hydrogen-bond donors (Lipinski definition) is 2. The monoisotopic (exact) mass is 197 g/mol. The largest absolute Gasteiger partial charge is 0.492 e. The second-order valence-electron chi connectivity index (χ2n) is 2.90. The number of hydrogen-bond acceptors (Lipinski definition) is 3. The summed E-state index contributed by atoms with van der Waals surface area (Å²) in [5.41, 5.74) is 6.33. The molecule has 0 aromatic heterocycles. The molecule has 0 atom stereocenters. The second kappa shape index (κ2) is 5.02. The summed E-state index contributed by atoms with van der Waals surface area (Å²) in [6.45, 7) is 2.86. The van der Waals surface area contributed by atoms with Crippen molar-refractivity contribution in [3.63, 3.8) is 0 Å². The second-order valence-corrected chi connectivity index (χ2v) is 3.34. The minimum Gasteiger partial charge on any atom is -0.492 e. The Labute approximate surface area is 84.5 Å². The molecule has 0 aliphatic carbocycles. The zero-order valence-electron chi connectivity index (χ0n) is 7.79. The topological polar surface area (TPSA) is 35.2 Å². The van der Waals surface area contributed by atoms with Crippen LogP contribution in [0, 0.1) is 0 Å². The number of benzene rings is 1. The van der Waals surface area contributed by atoms with Crippen molar-refractivity contribution in [2.75, 3.05) is 12.3 Å². The fraction of sp³-hybridized carbons (Fsp3) is 0.400. The number of nitrogen functional groups attached to an aromatic ring is 1. The van der Waals surface area contributed by atoms with Crippen molar-refractivity contribution >= 4 is 18.3 Å². The molecule has 2 N–H and O–H groups in total. The Hall–Kier alpha value is -0.830. The summed E-state index contributed by atoms with van der Waals surface area (Å²) in [7, 11) is 0. The average Bonchev–Trinajstić information content (AvgIpc) is 2.13. The average molecular weight is 197 g/mol. The molecule has 0 amide bonds. The van der Waals surface area contributed by atoms with Gasteiger partial charge in [0.2, 0.25) is 0 Å². The van der Waals surface area contributed by atoms with Gasteiger partial charge in [0.1, 0.15) is 5.75 Å². The standard InChI is InChI=1S/C10H15NOS/c1-2-3-7-12-9-6-4-5-8(11)10(9)13/h4-6,13H,2-3,7,11H2,1H3. The Bertz CT molecular complexity index is 276. The molecule has 1 rings (SSSR count). The van der Waals surface area contributed by atoms with E-state index < -0.39 is 0 Å². The predicted molar refractivity (Wildman–Crippen MR) is 58.5 cm³/mol. The van der Waals surface area contributed by atoms with E-state index in [1.807, 2.05) is 18.2 Å². The molecule has 1 aromatic carbocycles. The molecule has 0 saturated carbocycles. The lowest BCUT2D eigenvalue weighted by Gasteiger charge is -2.08. The number of ether oxygens (including phenoxy) is 1. The fourth-order valence-corrected chi connectivity index (χ4v) is 1.20. The highest BCUT2D eigenvalue weighted by Crippen LogP contribution is 2.27. The highest BCUT2D eigenvalue weighted by molar-refractivity contribution is 7.80. The van der Waals surface area contributed by atoms with Gasteiger partial charge in [-0.25, -0.2) is 0 Å². The summed E-state index contributed by atoms with van der Waals surface area (Å²) in [6, 6.07) is 5.57. The Kier molecular flexibility index (Phi) is 3.96. The summed E-state index contributed by atoms with van der Waals surface area (Å²) >= 11 is 4.26. The van der Waals surface area contributed by atoms with Gasteiger partial charge in [0.15, 0.2) is 0 Å². The predicted octanol–water partition coefficient (Wildman–Crippen LogP) is 2.74. The van der Waals surface area contributed by atoms with Crippen molar-refractivity contribution in [2.45, 2.75) is 24.7 Å². The Morgan fingerprint density at radius 2 is 2.23 bits per heavy atom. The van der Waals surface area contributed by atoms with E-state index in [4.69, 9.17) is 10.5 Å². The van der Waals surface area contributed by atoms with Crippen LogP contribution in [0.5, 0.6) is 5.75 Å². The van der Waals surface area contributed by atoms with Crippen LogP contribution in [-0.4, -0.2) is 6.61 Å². The van der Waals surface area contributed by atoms with Crippen molar-refractivity contribution in [1.82, 2.24) is 0 Å². The van der Waals surface area contributed by atoms with Crippen LogP contribution in [0.3, 0.4) is 0 Å². The molecule has 2 nitrogen and oxygen atoms in total. The van der Waals surface area contributed by atoms with Crippen LogP contribution in [0.2, 0.25) is 0 Å². The first-order valence-electron chi connectivity index (χ1n) is 4.46. The fourth-order valence-electron chi connectivity index (χ4n) is 0.982. The first-order valence-corrected chi connectivity index (χ1v) is 4.90. The molecule has 13 heavy (non-hydrogen) atoms. The summed E-state index contributed by atoms with van der Waals surface area (Å²) in [5, 5.41) is 0. The molecule has 0 heterocycles. The molecule has 0 aliphatic rings. The molecule has 72 valence electrons. The molecule has 0 spiro atoms. The van der Waals surface area contributed by atoms with Gasteiger partial charge in [0.25, 0.3) is 0 Å². The highest BCUT2D eigenvalue weighted by Gasteiger charge is 2.01. The summed E-state index contributed by atoms with van der Waals surface area (Å²) in [5.74, 6) is 0.775. The van der Waals surface area contributed by atoms with Crippen LogP contribution in [0.15, 0.2) is 23.1 Å². The smallest absolute Gasteiger partial charge is 0.134 e. The van der Waals surface area contributed by atoms with E-state index in [0.717, 1.165) is 30.1 Å². The molecular weight excluding hydrogens is 182 g/mol. The van der Waals surface area contributed by atoms with E-state index in [1.54, 1.807) is 0 Å². The molecule has 0 saturated heterocycles. The lowest BCUT2D eigenvalue weighted by Crippen LogP contribution is -1.98. The Morgan fingerprint density at radius 1 is 1.46 bits per heavy atom. The van der Waals surface area contributed by atoms with Crippen LogP contribution in [0.1, 0.15) is 19.8 Å². The maximum absolute atomic E-state index is 5.67. The van der Waals surface area contributed by atoms with Gasteiger partial charge in [-0.2, -0.15) is 0 Å². The molecule has 3 heteroatoms. The summed E-state index contributed by atoms with van der Waals surface area (Å²) < 4.78 is 5.50. The van der Waals surface area contributed by atoms with Gasteiger partial charge in [-0.15, -0.1) is 12.6 Å². The quantitative estimate of drug-likeness (QED) is 0.442. The van der Waals surface area contributed by atoms with Crippen molar-refractivity contribution in [2.24, 2.45) is 0 Å².